The first-order valence-electron chi connectivity index (χ1n) is 8.98. The van der Waals surface area contributed by atoms with Crippen LogP contribution in [0.2, 0.25) is 0 Å². The molecule has 1 aromatic rings. The number of nitrogens with zero attached hydrogens (tertiary/aromatic N) is 1. The van der Waals surface area contributed by atoms with E-state index in [0.717, 1.165) is 44.4 Å². The van der Waals surface area contributed by atoms with E-state index >= 15 is 0 Å². The summed E-state index contributed by atoms with van der Waals surface area (Å²) in [6.45, 7) is 3.36. The smallest absolute Gasteiger partial charge is 0.134 e. The molecule has 24 heavy (non-hydrogen) atoms. The van der Waals surface area contributed by atoms with Crippen molar-refractivity contribution >= 4 is 18.2 Å². The number of ether oxygens (including phenoxy) is 1. The normalized spacial score (nSPS) is 34.8. The molecule has 0 aromatic heterocycles. The van der Waals surface area contributed by atoms with Gasteiger partial charge in [-0.15, -0.1) is 12.4 Å². The van der Waals surface area contributed by atoms with Gasteiger partial charge in [0.1, 0.15) is 11.5 Å². The zero-order chi connectivity index (χ0) is 16.2. The number of benzene rings is 1. The molecule has 1 saturated carbocycles. The molecule has 1 aliphatic heterocycles. The van der Waals surface area contributed by atoms with Gasteiger partial charge in [-0.2, -0.15) is 0 Å². The first-order chi connectivity index (χ1) is 11.1. The minimum Gasteiger partial charge on any atom is -0.497 e. The summed E-state index contributed by atoms with van der Waals surface area (Å²) in [7, 11) is 4.00. The van der Waals surface area contributed by atoms with E-state index in [2.05, 4.69) is 37.1 Å². The van der Waals surface area contributed by atoms with E-state index in [1.807, 2.05) is 0 Å². The van der Waals surface area contributed by atoms with Gasteiger partial charge in [-0.3, -0.25) is 4.79 Å². The maximum absolute atomic E-state index is 12.6. The highest BCUT2D eigenvalue weighted by molar-refractivity contribution is 5.85. The quantitative estimate of drug-likeness (QED) is 0.816. The molecule has 4 rings (SSSR count). The van der Waals surface area contributed by atoms with Crippen LogP contribution in [-0.4, -0.2) is 37.4 Å². The van der Waals surface area contributed by atoms with E-state index < -0.39 is 0 Å². The van der Waals surface area contributed by atoms with Gasteiger partial charge in [-0.25, -0.2) is 0 Å². The highest BCUT2D eigenvalue weighted by Crippen LogP contribution is 2.57. The molecule has 3 aliphatic rings. The monoisotopic (exact) mass is 349 g/mol. The lowest BCUT2D eigenvalue weighted by Gasteiger charge is -2.60. The Hall–Kier alpha value is -1.06. The average Bonchev–Trinajstić information content (AvgIpc) is 2.56. The molecule has 0 spiro atoms. The molecule has 0 amide bonds. The topological polar surface area (TPSA) is 29.5 Å². The maximum Gasteiger partial charge on any atom is 0.134 e. The van der Waals surface area contributed by atoms with Crippen LogP contribution in [0.3, 0.4) is 0 Å². The van der Waals surface area contributed by atoms with E-state index in [0.29, 0.717) is 23.7 Å². The molecular weight excluding hydrogens is 322 g/mol. The number of ketones is 1. The van der Waals surface area contributed by atoms with Crippen LogP contribution in [0.1, 0.15) is 43.7 Å². The van der Waals surface area contributed by atoms with Crippen molar-refractivity contribution in [3.8, 4) is 5.75 Å². The lowest BCUT2D eigenvalue weighted by molar-refractivity contribution is -0.131. The molecule has 0 radical (unpaired) electrons. The highest BCUT2D eigenvalue weighted by Gasteiger charge is 2.57. The van der Waals surface area contributed by atoms with Crippen molar-refractivity contribution in [1.29, 1.82) is 0 Å². The second-order valence-corrected chi connectivity index (χ2v) is 7.79. The van der Waals surface area contributed by atoms with Gasteiger partial charge < -0.3 is 9.64 Å². The predicted molar refractivity (Wildman–Crippen MR) is 98.2 cm³/mol. The van der Waals surface area contributed by atoms with Crippen LogP contribution in [0, 0.1) is 11.8 Å². The minimum atomic E-state index is 0. The summed E-state index contributed by atoms with van der Waals surface area (Å²) < 4.78 is 5.50. The fourth-order valence-corrected chi connectivity index (χ4v) is 5.81. The Labute approximate surface area is 151 Å². The predicted octanol–water partition coefficient (Wildman–Crippen LogP) is 3.62. The summed E-state index contributed by atoms with van der Waals surface area (Å²) in [6.07, 6.45) is 4.85. The number of likely N-dealkylation sites (N-methyl/N-ethyl adjacent to an activating group) is 1. The Balaban J connectivity index is 0.00000169. The van der Waals surface area contributed by atoms with Crippen LogP contribution in [0.4, 0.5) is 0 Å². The number of Topliss-reactive ketones (excluding diaryl/α,β-unsaturated/α-hetero) is 1. The third-order valence-corrected chi connectivity index (χ3v) is 6.85. The number of hydrogen-bond acceptors (Lipinski definition) is 3. The highest BCUT2D eigenvalue weighted by atomic mass is 35.5. The van der Waals surface area contributed by atoms with Crippen molar-refractivity contribution in [2.24, 2.45) is 11.8 Å². The standard InChI is InChI=1S/C20H27NO2.ClH/c1-4-13-9-15(22)12-20-7-8-21(2)18(19(13)20)10-14-5-6-16(23-3)11-17(14)20;/h5-6,11,13,18-19H,4,7-10,12H2,1-3H3;1H/t13-,18+,19-,20-;/m0./s1. The van der Waals surface area contributed by atoms with E-state index in [1.54, 1.807) is 7.11 Å². The van der Waals surface area contributed by atoms with Crippen molar-refractivity contribution < 1.29 is 9.53 Å². The molecule has 3 nitrogen and oxygen atoms in total. The van der Waals surface area contributed by atoms with Crippen molar-refractivity contribution in [3.63, 3.8) is 0 Å². The summed E-state index contributed by atoms with van der Waals surface area (Å²) in [5.74, 6) is 2.54. The van der Waals surface area contributed by atoms with Crippen LogP contribution < -0.4 is 4.74 Å². The number of likely N-dealkylation sites (tertiary alicyclic amines) is 1. The fraction of sp³-hybridized carbons (Fsp3) is 0.650. The molecule has 1 saturated heterocycles. The van der Waals surface area contributed by atoms with Gasteiger partial charge >= 0.3 is 0 Å². The number of methoxy groups -OCH3 is 1. The SMILES string of the molecule is CC[C@H]1CC(=O)C[C@@]23CCN(C)[C@H](Cc4ccc(OC)cc42)[C@H]13.Cl. The number of hydrogen-bond donors (Lipinski definition) is 0. The van der Waals surface area contributed by atoms with Crippen molar-refractivity contribution in [3.05, 3.63) is 29.3 Å². The molecule has 2 aliphatic carbocycles. The molecule has 0 unspecified atom stereocenters. The molecule has 1 aromatic carbocycles. The van der Waals surface area contributed by atoms with Gasteiger partial charge in [0, 0.05) is 24.3 Å². The fourth-order valence-electron chi connectivity index (χ4n) is 5.81. The van der Waals surface area contributed by atoms with Gasteiger partial charge in [0.25, 0.3) is 0 Å². The molecule has 1 heterocycles. The Bertz CT molecular complexity index is 647. The number of carbonyl (C=O) groups excluding carboxylic acids is 1. The lowest BCUT2D eigenvalue weighted by Crippen LogP contribution is -2.63. The average molecular weight is 350 g/mol. The van der Waals surface area contributed by atoms with Crippen LogP contribution >= 0.6 is 12.4 Å². The number of halogens is 1. The summed E-state index contributed by atoms with van der Waals surface area (Å²) >= 11 is 0. The van der Waals surface area contributed by atoms with Crippen molar-refractivity contribution in [2.45, 2.75) is 50.5 Å². The number of carbonyl (C=O) groups is 1. The van der Waals surface area contributed by atoms with Gasteiger partial charge in [-0.1, -0.05) is 19.4 Å². The van der Waals surface area contributed by atoms with Gasteiger partial charge in [-0.05, 0) is 61.5 Å². The summed E-state index contributed by atoms with van der Waals surface area (Å²) in [6, 6.07) is 7.13. The van der Waals surface area contributed by atoms with Crippen LogP contribution in [0.15, 0.2) is 18.2 Å². The van der Waals surface area contributed by atoms with E-state index in [-0.39, 0.29) is 17.8 Å². The molecule has 4 heteroatoms. The molecule has 132 valence electrons. The van der Waals surface area contributed by atoms with E-state index in [1.165, 1.54) is 11.1 Å². The van der Waals surface area contributed by atoms with Gasteiger partial charge in [0.05, 0.1) is 7.11 Å². The summed E-state index contributed by atoms with van der Waals surface area (Å²) in [4.78, 5) is 15.1. The van der Waals surface area contributed by atoms with E-state index in [4.69, 9.17) is 4.74 Å². The Morgan fingerprint density at radius 1 is 1.33 bits per heavy atom. The second kappa shape index (κ2) is 6.34. The van der Waals surface area contributed by atoms with Crippen LogP contribution in [-0.2, 0) is 16.6 Å². The zero-order valence-corrected chi connectivity index (χ0v) is 15.7. The first-order valence-corrected chi connectivity index (χ1v) is 8.98. The third-order valence-electron chi connectivity index (χ3n) is 6.85. The third kappa shape index (κ3) is 2.40. The molecule has 0 N–H and O–H groups in total. The summed E-state index contributed by atoms with van der Waals surface area (Å²) in [5, 5.41) is 0. The molecule has 2 bridgehead atoms. The first kappa shape index (κ1) is 17.8. The van der Waals surface area contributed by atoms with E-state index in [9.17, 15) is 4.79 Å². The Morgan fingerprint density at radius 2 is 2.12 bits per heavy atom. The van der Waals surface area contributed by atoms with Crippen molar-refractivity contribution in [2.75, 3.05) is 20.7 Å². The van der Waals surface area contributed by atoms with Gasteiger partial charge in [0.15, 0.2) is 0 Å². The van der Waals surface area contributed by atoms with Crippen LogP contribution in [0.5, 0.6) is 5.75 Å². The molecule has 2 fully saturated rings. The largest absolute Gasteiger partial charge is 0.497 e. The van der Waals surface area contributed by atoms with Crippen molar-refractivity contribution in [1.82, 2.24) is 4.90 Å². The van der Waals surface area contributed by atoms with Gasteiger partial charge in [0.2, 0.25) is 0 Å². The Morgan fingerprint density at radius 3 is 2.83 bits per heavy atom. The molecular formula is C20H28ClNO2. The summed E-state index contributed by atoms with van der Waals surface area (Å²) in [5.41, 5.74) is 2.90. The second-order valence-electron chi connectivity index (χ2n) is 7.79. The number of piperidine rings is 1. The maximum atomic E-state index is 12.6. The number of rotatable bonds is 2. The Kier molecular flexibility index (Phi) is 4.69. The zero-order valence-electron chi connectivity index (χ0n) is 14.9. The number of fused-ring (bicyclic) bond motifs is 1. The van der Waals surface area contributed by atoms with Crippen LogP contribution in [0.25, 0.3) is 0 Å². The molecule has 4 atom stereocenters. The minimum absolute atomic E-state index is 0. The lowest BCUT2D eigenvalue weighted by atomic mass is 9.49.